The molecule has 0 atom stereocenters. The van der Waals surface area contributed by atoms with E-state index in [0.29, 0.717) is 0 Å². The second-order valence-corrected chi connectivity index (χ2v) is 14.0. The third-order valence-corrected chi connectivity index (χ3v) is 7.39. The van der Waals surface area contributed by atoms with Crippen LogP contribution in [0.1, 0.15) is 11.1 Å². The number of hydrogen-bond acceptors (Lipinski definition) is 1. The van der Waals surface area contributed by atoms with Gasteiger partial charge in [-0.3, -0.25) is 0 Å². The number of pyridine rings is 1. The fourth-order valence-electron chi connectivity index (χ4n) is 3.83. The molecule has 0 radical (unpaired) electrons. The lowest BCUT2D eigenvalue weighted by atomic mass is 9.97. The van der Waals surface area contributed by atoms with Crippen LogP contribution in [0.2, 0.25) is 19.6 Å². The lowest BCUT2D eigenvalue weighted by Crippen LogP contribution is -2.37. The molecule has 1 aromatic heterocycles. The zero-order chi connectivity index (χ0) is 20.8. The van der Waals surface area contributed by atoms with Gasteiger partial charge in [0, 0.05) is 10.9 Å². The Labute approximate surface area is 173 Å². The van der Waals surface area contributed by atoms with Gasteiger partial charge in [-0.05, 0) is 61.4 Å². The Bertz CT molecular complexity index is 1180. The van der Waals surface area contributed by atoms with Crippen LogP contribution in [-0.4, -0.2) is 13.1 Å². The molecule has 1 nitrogen and oxygen atoms in total. The van der Waals surface area contributed by atoms with Crippen molar-refractivity contribution in [3.05, 3.63) is 83.7 Å². The largest absolute Gasteiger partial charge is 0.248 e. The number of rotatable bonds is 3. The van der Waals surface area contributed by atoms with Crippen molar-refractivity contribution in [3.8, 4) is 22.4 Å². The van der Waals surface area contributed by atoms with Crippen LogP contribution in [-0.2, 0) is 0 Å². The number of aryl methyl sites for hydroxylation is 2. The maximum absolute atomic E-state index is 13.6. The van der Waals surface area contributed by atoms with Crippen LogP contribution in [0.15, 0.2) is 66.7 Å². The Morgan fingerprint density at radius 2 is 1.38 bits per heavy atom. The normalized spacial score (nSPS) is 11.8. The molecule has 0 saturated carbocycles. The van der Waals surface area contributed by atoms with Crippen LogP contribution in [0.25, 0.3) is 33.3 Å². The molecule has 4 rings (SSSR count). The summed E-state index contributed by atoms with van der Waals surface area (Å²) in [5, 5.41) is 2.53. The fraction of sp³-hybridized carbons (Fsp3) is 0.192. The van der Waals surface area contributed by atoms with Gasteiger partial charge in [0.15, 0.2) is 0 Å². The first kappa shape index (κ1) is 19.5. The summed E-state index contributed by atoms with van der Waals surface area (Å²) in [5.41, 5.74) is 7.59. The minimum Gasteiger partial charge on any atom is -0.248 e. The molecular weight excluding hydrogens is 373 g/mol. The molecule has 1 heterocycles. The highest BCUT2D eigenvalue weighted by atomic mass is 28.3. The van der Waals surface area contributed by atoms with E-state index in [4.69, 9.17) is 4.98 Å². The molecule has 0 unspecified atom stereocenters. The standard InChI is InChI=1S/C26H26FNSi/c1-17-12-18(2)14-20(13-17)26-16-23(19-6-8-21(27)9-7-19)24-15-22(29(3,4)5)10-11-25(24)28-26/h6-16H,1-5H3. The minimum absolute atomic E-state index is 0.218. The summed E-state index contributed by atoms with van der Waals surface area (Å²) in [7, 11) is -1.46. The van der Waals surface area contributed by atoms with E-state index in [0.717, 1.165) is 33.3 Å². The first-order valence-corrected chi connectivity index (χ1v) is 13.5. The zero-order valence-corrected chi connectivity index (χ0v) is 18.7. The molecule has 0 aliphatic rings. The van der Waals surface area contributed by atoms with Crippen LogP contribution < -0.4 is 5.19 Å². The number of aromatic nitrogens is 1. The van der Waals surface area contributed by atoms with Crippen LogP contribution in [0.3, 0.4) is 0 Å². The second kappa shape index (κ2) is 7.23. The van der Waals surface area contributed by atoms with E-state index in [1.54, 1.807) is 0 Å². The van der Waals surface area contributed by atoms with Crippen molar-refractivity contribution >= 4 is 24.2 Å². The molecule has 0 aliphatic heterocycles. The highest BCUT2D eigenvalue weighted by Gasteiger charge is 2.18. The Morgan fingerprint density at radius 3 is 2.00 bits per heavy atom. The molecule has 29 heavy (non-hydrogen) atoms. The van der Waals surface area contributed by atoms with Crippen LogP contribution in [0.5, 0.6) is 0 Å². The summed E-state index contributed by atoms with van der Waals surface area (Å²) in [6.07, 6.45) is 0. The first-order chi connectivity index (χ1) is 13.7. The molecule has 0 bridgehead atoms. The third kappa shape index (κ3) is 4.01. The molecule has 0 N–H and O–H groups in total. The molecule has 0 saturated heterocycles. The Hall–Kier alpha value is -2.78. The molecule has 146 valence electrons. The van der Waals surface area contributed by atoms with Gasteiger partial charge in [-0.1, -0.05) is 66.3 Å². The highest BCUT2D eigenvalue weighted by molar-refractivity contribution is 6.88. The quantitative estimate of drug-likeness (QED) is 0.343. The van der Waals surface area contributed by atoms with Gasteiger partial charge in [0.1, 0.15) is 5.82 Å². The van der Waals surface area contributed by atoms with Crippen molar-refractivity contribution in [2.45, 2.75) is 33.5 Å². The fourth-order valence-corrected chi connectivity index (χ4v) is 4.99. The smallest absolute Gasteiger partial charge is 0.123 e. The van der Waals surface area contributed by atoms with Crippen molar-refractivity contribution < 1.29 is 4.39 Å². The predicted octanol–water partition coefficient (Wildman–Crippen LogP) is 6.87. The summed E-state index contributed by atoms with van der Waals surface area (Å²) in [5.74, 6) is -0.218. The SMILES string of the molecule is Cc1cc(C)cc(-c2cc(-c3ccc(F)cc3)c3cc([Si](C)(C)C)ccc3n2)c1. The molecule has 0 aliphatic carbocycles. The zero-order valence-electron chi connectivity index (χ0n) is 17.7. The van der Waals surface area contributed by atoms with Crippen molar-refractivity contribution in [2.24, 2.45) is 0 Å². The molecule has 3 aromatic carbocycles. The van der Waals surface area contributed by atoms with Gasteiger partial charge in [-0.25, -0.2) is 9.37 Å². The second-order valence-electron chi connectivity index (χ2n) is 8.92. The molecule has 0 fully saturated rings. The first-order valence-electron chi connectivity index (χ1n) is 10.0. The highest BCUT2D eigenvalue weighted by Crippen LogP contribution is 2.33. The van der Waals surface area contributed by atoms with Crippen molar-refractivity contribution in [1.29, 1.82) is 0 Å². The Balaban J connectivity index is 2.02. The van der Waals surface area contributed by atoms with E-state index in [1.165, 1.54) is 28.4 Å². The average Bonchev–Trinajstić information content (AvgIpc) is 2.66. The number of halogens is 1. The van der Waals surface area contributed by atoms with Gasteiger partial charge in [-0.15, -0.1) is 0 Å². The van der Waals surface area contributed by atoms with E-state index in [-0.39, 0.29) is 5.82 Å². The molecule has 3 heteroatoms. The molecular formula is C26H26FNSi. The minimum atomic E-state index is -1.46. The molecule has 0 amide bonds. The van der Waals surface area contributed by atoms with E-state index in [9.17, 15) is 4.39 Å². The molecule has 4 aromatic rings. The third-order valence-electron chi connectivity index (χ3n) is 5.35. The van der Waals surface area contributed by atoms with Crippen molar-refractivity contribution in [2.75, 3.05) is 0 Å². The monoisotopic (exact) mass is 399 g/mol. The van der Waals surface area contributed by atoms with Crippen molar-refractivity contribution in [1.82, 2.24) is 4.98 Å². The van der Waals surface area contributed by atoms with Crippen LogP contribution in [0.4, 0.5) is 4.39 Å². The van der Waals surface area contributed by atoms with Gasteiger partial charge >= 0.3 is 0 Å². The van der Waals surface area contributed by atoms with Gasteiger partial charge < -0.3 is 0 Å². The van der Waals surface area contributed by atoms with Gasteiger partial charge in [0.2, 0.25) is 0 Å². The summed E-state index contributed by atoms with van der Waals surface area (Å²) >= 11 is 0. The number of fused-ring (bicyclic) bond motifs is 1. The van der Waals surface area contributed by atoms with Gasteiger partial charge in [0.25, 0.3) is 0 Å². The van der Waals surface area contributed by atoms with Crippen LogP contribution in [0, 0.1) is 19.7 Å². The van der Waals surface area contributed by atoms with Gasteiger partial charge in [-0.2, -0.15) is 0 Å². The molecule has 0 spiro atoms. The average molecular weight is 400 g/mol. The lowest BCUT2D eigenvalue weighted by Gasteiger charge is -2.19. The number of nitrogens with zero attached hydrogens (tertiary/aromatic N) is 1. The predicted molar refractivity (Wildman–Crippen MR) is 125 cm³/mol. The van der Waals surface area contributed by atoms with E-state index >= 15 is 0 Å². The topological polar surface area (TPSA) is 12.9 Å². The van der Waals surface area contributed by atoms with E-state index in [1.807, 2.05) is 12.1 Å². The summed E-state index contributed by atoms with van der Waals surface area (Å²) in [4.78, 5) is 5.00. The summed E-state index contributed by atoms with van der Waals surface area (Å²) in [6, 6.07) is 22.1. The maximum Gasteiger partial charge on any atom is 0.123 e. The van der Waals surface area contributed by atoms with Crippen molar-refractivity contribution in [3.63, 3.8) is 0 Å². The van der Waals surface area contributed by atoms with E-state index < -0.39 is 8.07 Å². The van der Waals surface area contributed by atoms with Gasteiger partial charge in [0.05, 0.1) is 19.3 Å². The maximum atomic E-state index is 13.6. The van der Waals surface area contributed by atoms with E-state index in [2.05, 4.69) is 76.0 Å². The number of hydrogen-bond donors (Lipinski definition) is 0. The summed E-state index contributed by atoms with van der Waals surface area (Å²) in [6.45, 7) is 11.3. The Morgan fingerprint density at radius 1 is 0.724 bits per heavy atom. The number of benzene rings is 3. The Kier molecular flexibility index (Phi) is 4.87. The van der Waals surface area contributed by atoms with Crippen LogP contribution >= 0.6 is 0 Å². The summed E-state index contributed by atoms with van der Waals surface area (Å²) < 4.78 is 13.6. The lowest BCUT2D eigenvalue weighted by molar-refractivity contribution is 0.628.